The van der Waals surface area contributed by atoms with Crippen LogP contribution in [-0.2, 0) is 6.54 Å². The number of anilines is 1. The summed E-state index contributed by atoms with van der Waals surface area (Å²) in [5.41, 5.74) is 3.21. The third-order valence-electron chi connectivity index (χ3n) is 4.26. The molecule has 1 saturated heterocycles. The van der Waals surface area contributed by atoms with E-state index in [-0.39, 0.29) is 6.10 Å². The maximum absolute atomic E-state index is 6.39. The fourth-order valence-electron chi connectivity index (χ4n) is 2.92. The van der Waals surface area contributed by atoms with Crippen LogP contribution in [0.25, 0.3) is 11.0 Å². The summed E-state index contributed by atoms with van der Waals surface area (Å²) in [6.45, 7) is 2.25. The van der Waals surface area contributed by atoms with Crippen LogP contribution in [0.5, 0.6) is 5.75 Å². The Morgan fingerprint density at radius 1 is 1.12 bits per heavy atom. The molecule has 0 aliphatic carbocycles. The molecule has 26 heavy (non-hydrogen) atoms. The summed E-state index contributed by atoms with van der Waals surface area (Å²) in [5, 5.41) is 7.72. The summed E-state index contributed by atoms with van der Waals surface area (Å²) in [6, 6.07) is 3.75. The Bertz CT molecular complexity index is 931. The largest absolute Gasteiger partial charge is 0.485 e. The van der Waals surface area contributed by atoms with Crippen LogP contribution >= 0.6 is 23.2 Å². The second-order valence-electron chi connectivity index (χ2n) is 6.07. The zero-order valence-corrected chi connectivity index (χ0v) is 15.4. The van der Waals surface area contributed by atoms with Crippen molar-refractivity contribution in [1.29, 1.82) is 0 Å². The lowest BCUT2D eigenvalue weighted by atomic mass is 10.2. The van der Waals surface area contributed by atoms with E-state index in [1.165, 1.54) is 0 Å². The van der Waals surface area contributed by atoms with Crippen molar-refractivity contribution in [3.05, 3.63) is 52.5 Å². The van der Waals surface area contributed by atoms with Crippen molar-refractivity contribution in [2.75, 3.05) is 18.4 Å². The van der Waals surface area contributed by atoms with Crippen LogP contribution in [-0.4, -0.2) is 34.1 Å². The highest BCUT2D eigenvalue weighted by atomic mass is 35.5. The summed E-state index contributed by atoms with van der Waals surface area (Å²) in [7, 11) is 0. The fourth-order valence-corrected chi connectivity index (χ4v) is 3.35. The molecule has 0 saturated carbocycles. The number of hydrogen-bond donors (Lipinski definition) is 2. The molecule has 1 atom stereocenters. The molecule has 0 unspecified atom stereocenters. The molecule has 0 bridgehead atoms. The number of nitrogens with one attached hydrogen (secondary N) is 2. The first-order valence-corrected chi connectivity index (χ1v) is 9.10. The standard InChI is InChI=1S/C18H17Cl2N5O/c19-13-6-16-15(23-3-4-24-16)5-11(13)7-25-17-10-22-9-14(20)18(17)26-12-1-2-21-8-12/h3-6,9-10,12,21,25H,1-2,7-8H2/t12-/m1/s1. The number of benzene rings is 1. The van der Waals surface area contributed by atoms with Crippen LogP contribution in [0.1, 0.15) is 12.0 Å². The van der Waals surface area contributed by atoms with Gasteiger partial charge < -0.3 is 15.4 Å². The molecule has 1 fully saturated rings. The number of ether oxygens (including phenoxy) is 1. The van der Waals surface area contributed by atoms with Gasteiger partial charge in [0.05, 0.1) is 22.9 Å². The lowest BCUT2D eigenvalue weighted by Gasteiger charge is -2.18. The first kappa shape index (κ1) is 17.3. The smallest absolute Gasteiger partial charge is 0.164 e. The summed E-state index contributed by atoms with van der Waals surface area (Å²) < 4.78 is 6.07. The molecule has 0 amide bonds. The number of hydrogen-bond acceptors (Lipinski definition) is 6. The molecular weight excluding hydrogens is 373 g/mol. The number of fused-ring (bicyclic) bond motifs is 1. The van der Waals surface area contributed by atoms with E-state index >= 15 is 0 Å². The Balaban J connectivity index is 1.56. The average Bonchev–Trinajstić information content (AvgIpc) is 3.15. The van der Waals surface area contributed by atoms with E-state index in [1.807, 2.05) is 12.1 Å². The van der Waals surface area contributed by atoms with E-state index in [0.717, 1.165) is 41.8 Å². The number of aromatic nitrogens is 3. The van der Waals surface area contributed by atoms with Crippen LogP contribution < -0.4 is 15.4 Å². The summed E-state index contributed by atoms with van der Waals surface area (Å²) in [5.74, 6) is 0.618. The van der Waals surface area contributed by atoms with Gasteiger partial charge in [0.2, 0.25) is 0 Å². The summed E-state index contributed by atoms with van der Waals surface area (Å²) in [6.07, 6.45) is 7.66. The molecule has 3 aromatic rings. The van der Waals surface area contributed by atoms with E-state index in [2.05, 4.69) is 25.6 Å². The molecule has 2 aromatic heterocycles. The number of pyridine rings is 1. The van der Waals surface area contributed by atoms with Gasteiger partial charge in [-0.15, -0.1) is 0 Å². The Hall–Kier alpha value is -2.15. The number of halogens is 2. The lowest BCUT2D eigenvalue weighted by Crippen LogP contribution is -2.20. The quantitative estimate of drug-likeness (QED) is 0.693. The predicted octanol–water partition coefficient (Wildman–Crippen LogP) is 3.68. The zero-order valence-electron chi connectivity index (χ0n) is 13.9. The van der Waals surface area contributed by atoms with Gasteiger partial charge in [0.25, 0.3) is 0 Å². The average molecular weight is 390 g/mol. The second kappa shape index (κ2) is 7.61. The second-order valence-corrected chi connectivity index (χ2v) is 6.89. The van der Waals surface area contributed by atoms with Gasteiger partial charge in [-0.1, -0.05) is 23.2 Å². The molecule has 4 rings (SSSR count). The van der Waals surface area contributed by atoms with Gasteiger partial charge in [-0.05, 0) is 30.7 Å². The predicted molar refractivity (Wildman–Crippen MR) is 103 cm³/mol. The molecular formula is C18H17Cl2N5O. The van der Waals surface area contributed by atoms with Crippen molar-refractivity contribution in [3.63, 3.8) is 0 Å². The topological polar surface area (TPSA) is 72.0 Å². The molecule has 1 aromatic carbocycles. The Morgan fingerprint density at radius 2 is 1.92 bits per heavy atom. The van der Waals surface area contributed by atoms with Gasteiger partial charge in [-0.3, -0.25) is 15.0 Å². The van der Waals surface area contributed by atoms with Crippen LogP contribution in [0.2, 0.25) is 10.0 Å². The van der Waals surface area contributed by atoms with Gasteiger partial charge >= 0.3 is 0 Å². The molecule has 0 radical (unpaired) electrons. The fraction of sp³-hybridized carbons (Fsp3) is 0.278. The van der Waals surface area contributed by atoms with E-state index < -0.39 is 0 Å². The first-order chi connectivity index (χ1) is 12.7. The molecule has 2 N–H and O–H groups in total. The first-order valence-electron chi connectivity index (χ1n) is 8.34. The van der Waals surface area contributed by atoms with Gasteiger partial charge in [0.15, 0.2) is 5.75 Å². The Morgan fingerprint density at radius 3 is 2.69 bits per heavy atom. The van der Waals surface area contributed by atoms with E-state index in [0.29, 0.717) is 22.3 Å². The molecule has 8 heteroatoms. The van der Waals surface area contributed by atoms with Gasteiger partial charge in [-0.2, -0.15) is 0 Å². The minimum absolute atomic E-state index is 0.106. The maximum atomic E-state index is 6.39. The van der Waals surface area contributed by atoms with Crippen molar-refractivity contribution in [2.24, 2.45) is 0 Å². The third kappa shape index (κ3) is 3.67. The minimum Gasteiger partial charge on any atom is -0.485 e. The highest BCUT2D eigenvalue weighted by Crippen LogP contribution is 2.34. The SMILES string of the molecule is Clc1cc2nccnc2cc1CNc1cncc(Cl)c1O[C@@H]1CCNC1. The van der Waals surface area contributed by atoms with Gasteiger partial charge in [0.1, 0.15) is 11.1 Å². The van der Waals surface area contributed by atoms with Crippen molar-refractivity contribution in [2.45, 2.75) is 19.1 Å². The molecule has 6 nitrogen and oxygen atoms in total. The van der Waals surface area contributed by atoms with Crippen molar-refractivity contribution in [3.8, 4) is 5.75 Å². The van der Waals surface area contributed by atoms with Gasteiger partial charge in [-0.25, -0.2) is 0 Å². The molecule has 0 spiro atoms. The third-order valence-corrected chi connectivity index (χ3v) is 4.88. The van der Waals surface area contributed by atoms with E-state index in [1.54, 1.807) is 24.8 Å². The summed E-state index contributed by atoms with van der Waals surface area (Å²) >= 11 is 12.7. The van der Waals surface area contributed by atoms with Crippen LogP contribution in [0, 0.1) is 0 Å². The maximum Gasteiger partial charge on any atom is 0.164 e. The molecule has 134 valence electrons. The van der Waals surface area contributed by atoms with Crippen molar-refractivity contribution in [1.82, 2.24) is 20.3 Å². The normalized spacial score (nSPS) is 16.8. The van der Waals surface area contributed by atoms with Crippen molar-refractivity contribution >= 4 is 39.9 Å². The highest BCUT2D eigenvalue weighted by Gasteiger charge is 2.19. The Kier molecular flexibility index (Phi) is 5.06. The zero-order chi connectivity index (χ0) is 17.9. The monoisotopic (exact) mass is 389 g/mol. The van der Waals surface area contributed by atoms with E-state index in [4.69, 9.17) is 27.9 Å². The highest BCUT2D eigenvalue weighted by molar-refractivity contribution is 6.32. The van der Waals surface area contributed by atoms with Crippen LogP contribution in [0.4, 0.5) is 5.69 Å². The number of rotatable bonds is 5. The molecule has 1 aliphatic rings. The Labute approximate surface area is 160 Å². The molecule has 3 heterocycles. The molecule has 1 aliphatic heterocycles. The van der Waals surface area contributed by atoms with Gasteiger partial charge in [0, 0.05) is 36.7 Å². The lowest BCUT2D eigenvalue weighted by molar-refractivity contribution is 0.224. The minimum atomic E-state index is 0.106. The van der Waals surface area contributed by atoms with E-state index in [9.17, 15) is 0 Å². The van der Waals surface area contributed by atoms with Crippen molar-refractivity contribution < 1.29 is 4.74 Å². The van der Waals surface area contributed by atoms with Crippen LogP contribution in [0.15, 0.2) is 36.9 Å². The van der Waals surface area contributed by atoms with Crippen LogP contribution in [0.3, 0.4) is 0 Å². The summed E-state index contributed by atoms with van der Waals surface area (Å²) in [4.78, 5) is 12.7. The number of nitrogens with zero attached hydrogens (tertiary/aromatic N) is 3.